The van der Waals surface area contributed by atoms with Gasteiger partial charge in [-0.3, -0.25) is 4.79 Å². The molecule has 0 spiro atoms. The Hall–Kier alpha value is -2.90. The number of nitrogens with zero attached hydrogens (tertiary/aromatic N) is 3. The van der Waals surface area contributed by atoms with E-state index < -0.39 is 0 Å². The topological polar surface area (TPSA) is 77.7 Å². The quantitative estimate of drug-likeness (QED) is 0.451. The van der Waals surface area contributed by atoms with Crippen molar-refractivity contribution in [2.75, 3.05) is 19.8 Å². The highest BCUT2D eigenvalue weighted by Crippen LogP contribution is 2.26. The number of carbonyl (C=O) groups excluding carboxylic acids is 1. The molecule has 0 aliphatic carbocycles. The number of amides is 1. The summed E-state index contributed by atoms with van der Waals surface area (Å²) in [6, 6.07) is 14.5. The van der Waals surface area contributed by atoms with Gasteiger partial charge in [0.25, 0.3) is 5.91 Å². The molecular formula is C24H26ClN3O4. The highest BCUT2D eigenvalue weighted by Gasteiger charge is 2.21. The predicted octanol–water partition coefficient (Wildman–Crippen LogP) is 5.00. The summed E-state index contributed by atoms with van der Waals surface area (Å²) in [5.74, 6) is 1.22. The van der Waals surface area contributed by atoms with E-state index in [9.17, 15) is 4.79 Å². The van der Waals surface area contributed by atoms with Crippen molar-refractivity contribution >= 4 is 17.5 Å². The van der Waals surface area contributed by atoms with Crippen molar-refractivity contribution in [1.29, 1.82) is 0 Å². The van der Waals surface area contributed by atoms with Gasteiger partial charge in [-0.15, -0.1) is 10.2 Å². The van der Waals surface area contributed by atoms with Crippen LogP contribution < -0.4 is 4.74 Å². The standard InChI is InChI=1S/C24H26ClN3O4/c1-2-12-28(15-22-26-27-23(32-22)20-10-3-4-11-21(20)25)24(29)17-7-5-8-18(14-17)31-16-19-9-6-13-30-19/h3-5,7-8,10-11,14,19H,2,6,9,12-13,15-16H2,1H3. The van der Waals surface area contributed by atoms with E-state index in [1.807, 2.05) is 37.3 Å². The Kier molecular flexibility index (Phi) is 7.39. The lowest BCUT2D eigenvalue weighted by atomic mass is 10.1. The molecule has 1 aromatic heterocycles. The first-order valence-electron chi connectivity index (χ1n) is 10.8. The molecular weight excluding hydrogens is 430 g/mol. The normalized spacial score (nSPS) is 15.6. The largest absolute Gasteiger partial charge is 0.491 e. The third-order valence-electron chi connectivity index (χ3n) is 5.22. The van der Waals surface area contributed by atoms with Crippen molar-refractivity contribution in [3.8, 4) is 17.2 Å². The van der Waals surface area contributed by atoms with E-state index in [-0.39, 0.29) is 18.6 Å². The Morgan fingerprint density at radius 2 is 2.09 bits per heavy atom. The molecule has 0 radical (unpaired) electrons. The third kappa shape index (κ3) is 5.47. The van der Waals surface area contributed by atoms with Crippen LogP contribution in [0.15, 0.2) is 52.9 Å². The number of benzene rings is 2. The van der Waals surface area contributed by atoms with Gasteiger partial charge in [0.05, 0.1) is 23.2 Å². The van der Waals surface area contributed by atoms with Crippen molar-refractivity contribution < 1.29 is 18.7 Å². The van der Waals surface area contributed by atoms with E-state index in [1.54, 1.807) is 23.1 Å². The number of halogens is 1. The van der Waals surface area contributed by atoms with E-state index in [1.165, 1.54) is 0 Å². The minimum absolute atomic E-state index is 0.119. The third-order valence-corrected chi connectivity index (χ3v) is 5.55. The highest BCUT2D eigenvalue weighted by molar-refractivity contribution is 6.33. The number of hydrogen-bond acceptors (Lipinski definition) is 6. The van der Waals surface area contributed by atoms with E-state index in [4.69, 9.17) is 25.5 Å². The van der Waals surface area contributed by atoms with Crippen LogP contribution in [-0.4, -0.2) is 46.9 Å². The lowest BCUT2D eigenvalue weighted by Gasteiger charge is -2.21. The van der Waals surface area contributed by atoms with E-state index in [0.29, 0.717) is 46.8 Å². The molecule has 2 heterocycles. The fourth-order valence-corrected chi connectivity index (χ4v) is 3.83. The molecule has 7 nitrogen and oxygen atoms in total. The second kappa shape index (κ2) is 10.6. The molecule has 1 aliphatic rings. The first-order valence-corrected chi connectivity index (χ1v) is 11.2. The Labute approximate surface area is 192 Å². The summed E-state index contributed by atoms with van der Waals surface area (Å²) in [6.45, 7) is 4.06. The van der Waals surface area contributed by atoms with Crippen molar-refractivity contribution in [3.05, 3.63) is 65.0 Å². The van der Waals surface area contributed by atoms with E-state index in [0.717, 1.165) is 25.9 Å². The minimum Gasteiger partial charge on any atom is -0.491 e. The fourth-order valence-electron chi connectivity index (χ4n) is 3.61. The number of rotatable bonds is 9. The van der Waals surface area contributed by atoms with Gasteiger partial charge in [-0.05, 0) is 49.6 Å². The molecule has 3 aromatic rings. The van der Waals surface area contributed by atoms with Gasteiger partial charge in [0.1, 0.15) is 12.4 Å². The van der Waals surface area contributed by atoms with Crippen LogP contribution in [0.3, 0.4) is 0 Å². The van der Waals surface area contributed by atoms with Crippen LogP contribution in [0.4, 0.5) is 0 Å². The molecule has 1 aliphatic heterocycles. The lowest BCUT2D eigenvalue weighted by molar-refractivity contribution is 0.0676. The van der Waals surface area contributed by atoms with Gasteiger partial charge < -0.3 is 18.8 Å². The van der Waals surface area contributed by atoms with Crippen LogP contribution in [0.25, 0.3) is 11.5 Å². The summed E-state index contributed by atoms with van der Waals surface area (Å²) in [6.07, 6.45) is 2.98. The molecule has 1 saturated heterocycles. The molecule has 1 amide bonds. The summed E-state index contributed by atoms with van der Waals surface area (Å²) in [7, 11) is 0. The van der Waals surface area contributed by atoms with Crippen molar-refractivity contribution in [2.24, 2.45) is 0 Å². The average molecular weight is 456 g/mol. The summed E-state index contributed by atoms with van der Waals surface area (Å²) in [5.41, 5.74) is 1.21. The monoisotopic (exact) mass is 455 g/mol. The molecule has 1 fully saturated rings. The molecule has 8 heteroatoms. The molecule has 32 heavy (non-hydrogen) atoms. The maximum atomic E-state index is 13.2. The first-order chi connectivity index (χ1) is 15.6. The van der Waals surface area contributed by atoms with Crippen LogP contribution in [0.5, 0.6) is 5.75 Å². The maximum absolute atomic E-state index is 13.2. The summed E-state index contributed by atoms with van der Waals surface area (Å²) in [4.78, 5) is 14.9. The fraction of sp³-hybridized carbons (Fsp3) is 0.375. The minimum atomic E-state index is -0.119. The Morgan fingerprint density at radius 3 is 2.88 bits per heavy atom. The van der Waals surface area contributed by atoms with Crippen molar-refractivity contribution in [2.45, 2.75) is 38.8 Å². The highest BCUT2D eigenvalue weighted by atomic mass is 35.5. The predicted molar refractivity (Wildman–Crippen MR) is 121 cm³/mol. The van der Waals surface area contributed by atoms with Gasteiger partial charge in [-0.25, -0.2) is 0 Å². The van der Waals surface area contributed by atoms with Gasteiger partial charge in [-0.1, -0.05) is 36.7 Å². The van der Waals surface area contributed by atoms with Crippen LogP contribution in [0, 0.1) is 0 Å². The van der Waals surface area contributed by atoms with E-state index in [2.05, 4.69) is 10.2 Å². The Balaban J connectivity index is 1.45. The molecule has 4 rings (SSSR count). The van der Waals surface area contributed by atoms with Gasteiger partial charge in [-0.2, -0.15) is 0 Å². The van der Waals surface area contributed by atoms with Crippen LogP contribution >= 0.6 is 11.6 Å². The zero-order chi connectivity index (χ0) is 22.3. The average Bonchev–Trinajstić information content (AvgIpc) is 3.50. The zero-order valence-electron chi connectivity index (χ0n) is 18.0. The van der Waals surface area contributed by atoms with Crippen LogP contribution in [0.1, 0.15) is 42.4 Å². The first kappa shape index (κ1) is 22.3. The lowest BCUT2D eigenvalue weighted by Crippen LogP contribution is -2.31. The van der Waals surface area contributed by atoms with Crippen LogP contribution in [0.2, 0.25) is 5.02 Å². The van der Waals surface area contributed by atoms with Crippen molar-refractivity contribution in [3.63, 3.8) is 0 Å². The molecule has 0 saturated carbocycles. The summed E-state index contributed by atoms with van der Waals surface area (Å²) < 4.78 is 17.2. The Bertz CT molecular complexity index is 1050. The second-order valence-corrected chi connectivity index (χ2v) is 8.09. The molecule has 1 unspecified atom stereocenters. The van der Waals surface area contributed by atoms with Gasteiger partial charge >= 0.3 is 0 Å². The van der Waals surface area contributed by atoms with Gasteiger partial charge in [0, 0.05) is 18.7 Å². The molecule has 0 N–H and O–H groups in total. The SMILES string of the molecule is CCCN(Cc1nnc(-c2ccccc2Cl)o1)C(=O)c1cccc(OCC2CCCO2)c1. The van der Waals surface area contributed by atoms with Gasteiger partial charge in [0.15, 0.2) is 0 Å². The number of carbonyl (C=O) groups is 1. The Morgan fingerprint density at radius 1 is 1.22 bits per heavy atom. The molecule has 1 atom stereocenters. The van der Waals surface area contributed by atoms with E-state index >= 15 is 0 Å². The number of aromatic nitrogens is 2. The molecule has 168 valence electrons. The smallest absolute Gasteiger partial charge is 0.254 e. The summed E-state index contributed by atoms with van der Waals surface area (Å²) >= 11 is 6.22. The van der Waals surface area contributed by atoms with Gasteiger partial charge in [0.2, 0.25) is 11.8 Å². The number of ether oxygens (including phenoxy) is 2. The summed E-state index contributed by atoms with van der Waals surface area (Å²) in [5, 5.41) is 8.74. The van der Waals surface area contributed by atoms with Crippen molar-refractivity contribution in [1.82, 2.24) is 15.1 Å². The van der Waals surface area contributed by atoms with Crippen LogP contribution in [-0.2, 0) is 11.3 Å². The second-order valence-electron chi connectivity index (χ2n) is 7.68. The molecule has 0 bridgehead atoms. The zero-order valence-corrected chi connectivity index (χ0v) is 18.8. The maximum Gasteiger partial charge on any atom is 0.254 e. The number of hydrogen-bond donors (Lipinski definition) is 0. The molecule has 2 aromatic carbocycles.